The molecule has 2 bridgehead atoms. The predicted molar refractivity (Wildman–Crippen MR) is 56.5 cm³/mol. The summed E-state index contributed by atoms with van der Waals surface area (Å²) in [5, 5.41) is 0. The molecule has 2 aliphatic rings. The molecule has 0 aromatic heterocycles. The Morgan fingerprint density at radius 1 is 0.846 bits per heavy atom. The maximum absolute atomic E-state index is 5.71. The van der Waals surface area contributed by atoms with Crippen molar-refractivity contribution in [2.75, 3.05) is 6.54 Å². The van der Waals surface area contributed by atoms with Crippen molar-refractivity contribution in [2.24, 2.45) is 23.5 Å². The van der Waals surface area contributed by atoms with Gasteiger partial charge in [-0.25, -0.2) is 0 Å². The molecule has 2 N–H and O–H groups in total. The molecule has 0 aromatic rings. The van der Waals surface area contributed by atoms with Gasteiger partial charge in [-0.3, -0.25) is 0 Å². The van der Waals surface area contributed by atoms with Crippen molar-refractivity contribution in [1.29, 1.82) is 0 Å². The Bertz CT molecular complexity index is 141. The van der Waals surface area contributed by atoms with Gasteiger partial charge in [0.05, 0.1) is 0 Å². The lowest BCUT2D eigenvalue weighted by Crippen LogP contribution is -2.28. The minimum atomic E-state index is 0.914. The monoisotopic (exact) mass is 181 g/mol. The van der Waals surface area contributed by atoms with Gasteiger partial charge >= 0.3 is 0 Å². The Hall–Kier alpha value is -0.0400. The highest BCUT2D eigenvalue weighted by atomic mass is 14.5. The first-order valence-electron chi connectivity index (χ1n) is 6.12. The van der Waals surface area contributed by atoms with Gasteiger partial charge in [-0.15, -0.1) is 0 Å². The first kappa shape index (κ1) is 9.51. The predicted octanol–water partition coefficient (Wildman–Crippen LogP) is 2.94. The van der Waals surface area contributed by atoms with E-state index in [1.54, 1.807) is 0 Å². The van der Waals surface area contributed by atoms with Crippen molar-refractivity contribution in [3.63, 3.8) is 0 Å². The normalized spacial score (nSPS) is 39.9. The Labute approximate surface area is 82.1 Å². The summed E-state index contributed by atoms with van der Waals surface area (Å²) in [5.41, 5.74) is 5.71. The van der Waals surface area contributed by atoms with Gasteiger partial charge in [0.2, 0.25) is 0 Å². The molecule has 2 fully saturated rings. The molecular formula is C12H23N. The summed E-state index contributed by atoms with van der Waals surface area (Å²) in [6.07, 6.45) is 11.8. The van der Waals surface area contributed by atoms with Gasteiger partial charge in [0.1, 0.15) is 0 Å². The van der Waals surface area contributed by atoms with Gasteiger partial charge in [0, 0.05) is 0 Å². The molecule has 0 spiro atoms. The van der Waals surface area contributed by atoms with Gasteiger partial charge in [-0.05, 0) is 30.7 Å². The van der Waals surface area contributed by atoms with Crippen molar-refractivity contribution in [2.45, 2.75) is 51.4 Å². The fourth-order valence-corrected chi connectivity index (χ4v) is 3.65. The zero-order valence-electron chi connectivity index (χ0n) is 8.67. The van der Waals surface area contributed by atoms with Crippen molar-refractivity contribution in [3.05, 3.63) is 0 Å². The van der Waals surface area contributed by atoms with Gasteiger partial charge in [0.15, 0.2) is 0 Å². The van der Waals surface area contributed by atoms with Gasteiger partial charge < -0.3 is 5.73 Å². The van der Waals surface area contributed by atoms with Crippen LogP contribution in [0.2, 0.25) is 0 Å². The first-order valence-corrected chi connectivity index (χ1v) is 6.12. The highest BCUT2D eigenvalue weighted by molar-refractivity contribution is 4.84. The zero-order chi connectivity index (χ0) is 9.10. The summed E-state index contributed by atoms with van der Waals surface area (Å²) in [5.74, 6) is 3.09. The largest absolute Gasteiger partial charge is 0.330 e. The van der Waals surface area contributed by atoms with E-state index in [2.05, 4.69) is 0 Å². The second-order valence-electron chi connectivity index (χ2n) is 4.98. The van der Waals surface area contributed by atoms with Crippen LogP contribution in [-0.2, 0) is 0 Å². The quantitative estimate of drug-likeness (QED) is 0.696. The van der Waals surface area contributed by atoms with Crippen LogP contribution in [0.5, 0.6) is 0 Å². The number of fused-ring (bicyclic) bond motifs is 2. The molecule has 2 unspecified atom stereocenters. The summed E-state index contributed by atoms with van der Waals surface area (Å²) in [4.78, 5) is 0. The van der Waals surface area contributed by atoms with Gasteiger partial charge in [0.25, 0.3) is 0 Å². The molecule has 13 heavy (non-hydrogen) atoms. The van der Waals surface area contributed by atoms with Crippen LogP contribution >= 0.6 is 0 Å². The number of hydrogen-bond acceptors (Lipinski definition) is 1. The molecule has 0 radical (unpaired) electrons. The summed E-state index contributed by atoms with van der Waals surface area (Å²) < 4.78 is 0. The Morgan fingerprint density at radius 2 is 1.38 bits per heavy atom. The molecule has 0 aliphatic heterocycles. The molecule has 76 valence electrons. The van der Waals surface area contributed by atoms with Crippen molar-refractivity contribution in [3.8, 4) is 0 Å². The van der Waals surface area contributed by atoms with Crippen LogP contribution in [0.25, 0.3) is 0 Å². The molecular weight excluding hydrogens is 158 g/mol. The molecule has 2 atom stereocenters. The van der Waals surface area contributed by atoms with Crippen molar-refractivity contribution >= 4 is 0 Å². The summed E-state index contributed by atoms with van der Waals surface area (Å²) in [7, 11) is 0. The van der Waals surface area contributed by atoms with Gasteiger partial charge in [-0.2, -0.15) is 0 Å². The zero-order valence-corrected chi connectivity index (χ0v) is 8.67. The van der Waals surface area contributed by atoms with E-state index < -0.39 is 0 Å². The van der Waals surface area contributed by atoms with E-state index in [1.807, 2.05) is 0 Å². The van der Waals surface area contributed by atoms with E-state index in [-0.39, 0.29) is 0 Å². The lowest BCUT2D eigenvalue weighted by molar-refractivity contribution is 0.147. The van der Waals surface area contributed by atoms with Crippen LogP contribution in [0, 0.1) is 17.8 Å². The van der Waals surface area contributed by atoms with E-state index >= 15 is 0 Å². The van der Waals surface area contributed by atoms with Crippen LogP contribution in [0.3, 0.4) is 0 Å². The number of rotatable bonds is 2. The highest BCUT2D eigenvalue weighted by Gasteiger charge is 2.33. The lowest BCUT2D eigenvalue weighted by atomic mass is 9.70. The summed E-state index contributed by atoms with van der Waals surface area (Å²) in [6.45, 7) is 0.914. The maximum Gasteiger partial charge on any atom is -0.00744 e. The Morgan fingerprint density at radius 3 is 1.92 bits per heavy atom. The molecule has 0 saturated heterocycles. The number of hydrogen-bond donors (Lipinski definition) is 1. The third-order valence-electron chi connectivity index (χ3n) is 4.26. The first-order chi connectivity index (χ1) is 6.42. The summed E-state index contributed by atoms with van der Waals surface area (Å²) in [6, 6.07) is 0. The van der Waals surface area contributed by atoms with E-state index in [9.17, 15) is 0 Å². The van der Waals surface area contributed by atoms with Crippen LogP contribution in [0.4, 0.5) is 0 Å². The average molecular weight is 181 g/mol. The second-order valence-corrected chi connectivity index (χ2v) is 4.98. The van der Waals surface area contributed by atoms with Crippen LogP contribution in [-0.4, -0.2) is 6.54 Å². The topological polar surface area (TPSA) is 26.0 Å². The van der Waals surface area contributed by atoms with Crippen molar-refractivity contribution < 1.29 is 0 Å². The number of nitrogens with two attached hydrogens (primary N) is 1. The highest BCUT2D eigenvalue weighted by Crippen LogP contribution is 2.44. The minimum absolute atomic E-state index is 0.914. The van der Waals surface area contributed by atoms with E-state index in [0.29, 0.717) is 0 Å². The SMILES string of the molecule is NCCC1C2CCCCC1CCC2. The molecule has 2 saturated carbocycles. The minimum Gasteiger partial charge on any atom is -0.330 e. The smallest absolute Gasteiger partial charge is 0.00744 e. The van der Waals surface area contributed by atoms with Crippen LogP contribution < -0.4 is 5.73 Å². The standard InChI is InChI=1S/C12H23N/c13-9-8-12-10-4-1-2-5-11(12)7-3-6-10/h10-12H,1-9,13H2. The fraction of sp³-hybridized carbons (Fsp3) is 1.00. The van der Waals surface area contributed by atoms with Gasteiger partial charge in [-0.1, -0.05) is 44.9 Å². The van der Waals surface area contributed by atoms with E-state index in [0.717, 1.165) is 24.3 Å². The molecule has 2 rings (SSSR count). The fourth-order valence-electron chi connectivity index (χ4n) is 3.65. The molecule has 2 aliphatic carbocycles. The maximum atomic E-state index is 5.71. The third-order valence-corrected chi connectivity index (χ3v) is 4.26. The second kappa shape index (κ2) is 4.45. The lowest BCUT2D eigenvalue weighted by Gasteiger charge is -2.36. The molecule has 1 nitrogen and oxygen atoms in total. The van der Waals surface area contributed by atoms with E-state index in [4.69, 9.17) is 5.73 Å². The van der Waals surface area contributed by atoms with Crippen molar-refractivity contribution in [1.82, 2.24) is 0 Å². The van der Waals surface area contributed by atoms with Crippen LogP contribution in [0.15, 0.2) is 0 Å². The third kappa shape index (κ3) is 2.07. The molecule has 0 amide bonds. The van der Waals surface area contributed by atoms with Crippen LogP contribution in [0.1, 0.15) is 51.4 Å². The molecule has 1 heteroatoms. The molecule has 0 aromatic carbocycles. The summed E-state index contributed by atoms with van der Waals surface area (Å²) >= 11 is 0. The molecule has 0 heterocycles. The Kier molecular flexibility index (Phi) is 3.26. The Balaban J connectivity index is 2.02. The average Bonchev–Trinajstić information content (AvgIpc) is 2.28. The van der Waals surface area contributed by atoms with E-state index in [1.165, 1.54) is 51.4 Å².